The molecule has 0 radical (unpaired) electrons. The minimum Gasteiger partial charge on any atom is -0.480 e. The van der Waals surface area contributed by atoms with Gasteiger partial charge in [-0.15, -0.1) is 0 Å². The van der Waals surface area contributed by atoms with Crippen molar-refractivity contribution in [1.82, 2.24) is 10.2 Å². The Hall–Kier alpha value is -1.40. The number of nitrogens with one attached hydrogen (secondary N) is 1. The topological polar surface area (TPSA) is 95.7 Å². The maximum Gasteiger partial charge on any atom is 0.323 e. The number of rotatable bonds is 8. The Morgan fingerprint density at radius 1 is 1.53 bits per heavy atom. The van der Waals surface area contributed by atoms with Crippen molar-refractivity contribution in [2.75, 3.05) is 26.7 Å². The molecule has 0 fully saturated rings. The summed E-state index contributed by atoms with van der Waals surface area (Å²) in [6, 6.07) is -0.660. The van der Waals surface area contributed by atoms with Gasteiger partial charge in [-0.2, -0.15) is 0 Å². The van der Waals surface area contributed by atoms with Gasteiger partial charge < -0.3 is 21.1 Å². The average Bonchev–Trinajstić information content (AvgIpc) is 2.29. The van der Waals surface area contributed by atoms with Crippen LogP contribution in [-0.2, 0) is 9.59 Å². The number of carboxylic acid groups (broad SMARTS) is 1. The summed E-state index contributed by atoms with van der Waals surface area (Å²) in [6.07, 6.45) is 3.98. The van der Waals surface area contributed by atoms with Crippen LogP contribution in [-0.4, -0.2) is 54.6 Å². The molecular formula is C11H21N3O3. The molecule has 0 aromatic heterocycles. The molecule has 0 unspecified atom stereocenters. The maximum atomic E-state index is 11.9. The van der Waals surface area contributed by atoms with Crippen LogP contribution in [0.1, 0.15) is 13.3 Å². The summed E-state index contributed by atoms with van der Waals surface area (Å²) in [6.45, 7) is 2.38. The van der Waals surface area contributed by atoms with Gasteiger partial charge in [-0.25, -0.2) is 0 Å². The Bertz CT molecular complexity index is 279. The van der Waals surface area contributed by atoms with Gasteiger partial charge in [0, 0.05) is 6.54 Å². The number of nitrogens with zero attached hydrogens (tertiary/aromatic N) is 1. The van der Waals surface area contributed by atoms with E-state index in [4.69, 9.17) is 10.8 Å². The highest BCUT2D eigenvalue weighted by Crippen LogP contribution is 1.98. The molecule has 1 amide bonds. The number of carbonyl (C=O) groups excluding carboxylic acids is 1. The van der Waals surface area contributed by atoms with Crippen molar-refractivity contribution >= 4 is 11.9 Å². The molecular weight excluding hydrogens is 222 g/mol. The normalized spacial score (nSPS) is 12.6. The lowest BCUT2D eigenvalue weighted by molar-refractivity contribution is -0.144. The minimum atomic E-state index is -1.04. The molecule has 6 nitrogen and oxygen atoms in total. The highest BCUT2D eigenvalue weighted by molar-refractivity contribution is 5.85. The monoisotopic (exact) mass is 243 g/mol. The van der Waals surface area contributed by atoms with Crippen LogP contribution >= 0.6 is 0 Å². The van der Waals surface area contributed by atoms with E-state index in [2.05, 4.69) is 5.32 Å². The van der Waals surface area contributed by atoms with Gasteiger partial charge in [0.1, 0.15) is 6.54 Å². The third-order valence-electron chi connectivity index (χ3n) is 2.22. The Labute approximate surface area is 101 Å². The molecule has 0 bridgehead atoms. The predicted molar refractivity (Wildman–Crippen MR) is 65.5 cm³/mol. The quantitative estimate of drug-likeness (QED) is 0.495. The molecule has 0 aromatic carbocycles. The Morgan fingerprint density at radius 3 is 2.65 bits per heavy atom. The van der Waals surface area contributed by atoms with Crippen molar-refractivity contribution in [1.29, 1.82) is 0 Å². The molecule has 4 N–H and O–H groups in total. The van der Waals surface area contributed by atoms with Gasteiger partial charge in [0.2, 0.25) is 5.91 Å². The summed E-state index contributed by atoms with van der Waals surface area (Å²) in [4.78, 5) is 23.7. The first kappa shape index (κ1) is 15.6. The highest BCUT2D eigenvalue weighted by Gasteiger charge is 2.21. The molecule has 1 atom stereocenters. The zero-order valence-electron chi connectivity index (χ0n) is 10.3. The lowest BCUT2D eigenvalue weighted by atomic mass is 10.2. The molecule has 98 valence electrons. The first-order valence-electron chi connectivity index (χ1n) is 5.54. The Balaban J connectivity index is 4.43. The van der Waals surface area contributed by atoms with Crippen LogP contribution in [0.15, 0.2) is 12.2 Å². The first-order chi connectivity index (χ1) is 8.02. The lowest BCUT2D eigenvalue weighted by Gasteiger charge is -2.22. The maximum absolute atomic E-state index is 11.9. The number of nitrogens with two attached hydrogens (primary N) is 1. The molecule has 0 aromatic rings. The fourth-order valence-electron chi connectivity index (χ4n) is 1.29. The number of carbonyl (C=O) groups is 2. The number of hydrogen-bond donors (Lipinski definition) is 3. The van der Waals surface area contributed by atoms with Crippen molar-refractivity contribution in [2.24, 2.45) is 5.73 Å². The third-order valence-corrected chi connectivity index (χ3v) is 2.22. The van der Waals surface area contributed by atoms with Crippen LogP contribution < -0.4 is 11.1 Å². The van der Waals surface area contributed by atoms with Crippen molar-refractivity contribution in [2.45, 2.75) is 19.4 Å². The molecule has 0 aliphatic carbocycles. The van der Waals surface area contributed by atoms with E-state index in [1.54, 1.807) is 19.2 Å². The van der Waals surface area contributed by atoms with Crippen LogP contribution in [0.4, 0.5) is 0 Å². The van der Waals surface area contributed by atoms with E-state index in [0.717, 1.165) is 0 Å². The summed E-state index contributed by atoms with van der Waals surface area (Å²) >= 11 is 0. The lowest BCUT2D eigenvalue weighted by Crippen LogP contribution is -2.46. The Morgan fingerprint density at radius 2 is 2.18 bits per heavy atom. The van der Waals surface area contributed by atoms with Gasteiger partial charge in [0.05, 0.1) is 6.04 Å². The SMILES string of the molecule is C/C=C/CN(CC(=O)O)C(=O)[C@@H](N)CCNC. The van der Waals surface area contributed by atoms with Gasteiger partial charge in [-0.05, 0) is 26.9 Å². The van der Waals surface area contributed by atoms with Gasteiger partial charge in [0.25, 0.3) is 0 Å². The molecule has 0 aliphatic heterocycles. The third kappa shape index (κ3) is 6.70. The summed E-state index contributed by atoms with van der Waals surface area (Å²) in [5, 5.41) is 11.6. The van der Waals surface area contributed by atoms with Crippen LogP contribution in [0.3, 0.4) is 0 Å². The van der Waals surface area contributed by atoms with E-state index in [1.807, 2.05) is 6.92 Å². The second kappa shape index (κ2) is 8.72. The summed E-state index contributed by atoms with van der Waals surface area (Å²) in [5.41, 5.74) is 5.70. The van der Waals surface area contributed by atoms with Crippen molar-refractivity contribution < 1.29 is 14.7 Å². The zero-order chi connectivity index (χ0) is 13.3. The molecule has 0 spiro atoms. The number of hydrogen-bond acceptors (Lipinski definition) is 4. The molecule has 0 aliphatic rings. The van der Waals surface area contributed by atoms with Crippen molar-refractivity contribution in [3.05, 3.63) is 12.2 Å². The smallest absolute Gasteiger partial charge is 0.323 e. The van der Waals surface area contributed by atoms with Gasteiger partial charge in [-0.3, -0.25) is 9.59 Å². The van der Waals surface area contributed by atoms with E-state index in [1.165, 1.54) is 4.90 Å². The second-order valence-corrected chi connectivity index (χ2v) is 3.68. The van der Waals surface area contributed by atoms with Crippen molar-refractivity contribution in [3.63, 3.8) is 0 Å². The fraction of sp³-hybridized carbons (Fsp3) is 0.636. The zero-order valence-corrected chi connectivity index (χ0v) is 10.3. The summed E-state index contributed by atoms with van der Waals surface area (Å²) < 4.78 is 0. The highest BCUT2D eigenvalue weighted by atomic mass is 16.4. The average molecular weight is 243 g/mol. The number of amides is 1. The molecule has 0 saturated carbocycles. The standard InChI is InChI=1S/C11H21N3O3/c1-3-4-7-14(8-10(15)16)11(17)9(12)5-6-13-2/h3-4,9,13H,5-8,12H2,1-2H3,(H,15,16)/b4-3+/t9-/m0/s1. The van der Waals surface area contributed by atoms with Gasteiger partial charge in [0.15, 0.2) is 0 Å². The van der Waals surface area contributed by atoms with E-state index in [0.29, 0.717) is 13.0 Å². The molecule has 0 rings (SSSR count). The number of aliphatic carboxylic acids is 1. The van der Waals surface area contributed by atoms with Crippen LogP contribution in [0, 0.1) is 0 Å². The molecule has 6 heteroatoms. The van der Waals surface area contributed by atoms with E-state index in [-0.39, 0.29) is 19.0 Å². The van der Waals surface area contributed by atoms with Crippen LogP contribution in [0.2, 0.25) is 0 Å². The van der Waals surface area contributed by atoms with Crippen molar-refractivity contribution in [3.8, 4) is 0 Å². The minimum absolute atomic E-state index is 0.273. The van der Waals surface area contributed by atoms with Crippen LogP contribution in [0.5, 0.6) is 0 Å². The first-order valence-corrected chi connectivity index (χ1v) is 5.54. The molecule has 0 saturated heterocycles. The second-order valence-electron chi connectivity index (χ2n) is 3.68. The number of carboxylic acids is 1. The summed E-state index contributed by atoms with van der Waals surface area (Å²) in [5.74, 6) is -1.37. The fourth-order valence-corrected chi connectivity index (χ4v) is 1.29. The van der Waals surface area contributed by atoms with Crippen LogP contribution in [0.25, 0.3) is 0 Å². The van der Waals surface area contributed by atoms with E-state index in [9.17, 15) is 9.59 Å². The van der Waals surface area contributed by atoms with E-state index < -0.39 is 12.0 Å². The van der Waals surface area contributed by atoms with Gasteiger partial charge >= 0.3 is 5.97 Å². The Kier molecular flexibility index (Phi) is 8.00. The summed E-state index contributed by atoms with van der Waals surface area (Å²) in [7, 11) is 1.77. The predicted octanol–water partition coefficient (Wildman–Crippen LogP) is -0.587. The van der Waals surface area contributed by atoms with E-state index >= 15 is 0 Å². The largest absolute Gasteiger partial charge is 0.480 e. The molecule has 0 heterocycles. The molecule has 17 heavy (non-hydrogen) atoms. The number of allylic oxidation sites excluding steroid dienone is 1. The van der Waals surface area contributed by atoms with Gasteiger partial charge in [-0.1, -0.05) is 12.2 Å².